The molecule has 1 fully saturated rings. The van der Waals surface area contributed by atoms with E-state index < -0.39 is 0 Å². The Morgan fingerprint density at radius 3 is 3.19 bits per heavy atom. The van der Waals surface area contributed by atoms with Crippen LogP contribution in [0.3, 0.4) is 0 Å². The fourth-order valence-corrected chi connectivity index (χ4v) is 1.99. The smallest absolute Gasteiger partial charge is 0.224 e. The van der Waals surface area contributed by atoms with Crippen LogP contribution in [0.2, 0.25) is 0 Å². The molecule has 88 valence electrons. The van der Waals surface area contributed by atoms with E-state index in [4.69, 9.17) is 0 Å². The highest BCUT2D eigenvalue weighted by molar-refractivity contribution is 5.76. The van der Waals surface area contributed by atoms with Crippen molar-refractivity contribution in [1.82, 2.24) is 20.0 Å². The number of hydrogen-bond acceptors (Lipinski definition) is 3. The molecule has 16 heavy (non-hydrogen) atoms. The van der Waals surface area contributed by atoms with E-state index in [2.05, 4.69) is 10.4 Å². The van der Waals surface area contributed by atoms with Gasteiger partial charge in [-0.2, -0.15) is 5.10 Å². The lowest BCUT2D eigenvalue weighted by Crippen LogP contribution is -2.38. The summed E-state index contributed by atoms with van der Waals surface area (Å²) in [6.45, 7) is 2.60. The van der Waals surface area contributed by atoms with Gasteiger partial charge < -0.3 is 10.2 Å². The summed E-state index contributed by atoms with van der Waals surface area (Å²) in [6, 6.07) is 2.24. The zero-order valence-electron chi connectivity index (χ0n) is 9.59. The second-order valence-electron chi connectivity index (χ2n) is 4.17. The summed E-state index contributed by atoms with van der Waals surface area (Å²) < 4.78 is 1.79. The van der Waals surface area contributed by atoms with E-state index in [1.54, 1.807) is 10.9 Å². The molecule has 2 heterocycles. The lowest BCUT2D eigenvalue weighted by atomic mass is 10.2. The van der Waals surface area contributed by atoms with Gasteiger partial charge >= 0.3 is 0 Å². The summed E-state index contributed by atoms with van der Waals surface area (Å²) in [7, 11) is 1.89. The van der Waals surface area contributed by atoms with Gasteiger partial charge in [0.05, 0.1) is 0 Å². The first-order valence-electron chi connectivity index (χ1n) is 5.71. The van der Waals surface area contributed by atoms with E-state index in [1.165, 1.54) is 0 Å². The van der Waals surface area contributed by atoms with Crippen molar-refractivity contribution in [1.29, 1.82) is 0 Å². The van der Waals surface area contributed by atoms with Crippen molar-refractivity contribution in [2.45, 2.75) is 25.4 Å². The molecule has 0 bridgehead atoms. The fourth-order valence-electron chi connectivity index (χ4n) is 1.99. The Morgan fingerprint density at radius 2 is 2.56 bits per heavy atom. The van der Waals surface area contributed by atoms with Gasteiger partial charge in [-0.25, -0.2) is 0 Å². The third-order valence-electron chi connectivity index (χ3n) is 3.09. The Balaban J connectivity index is 1.78. The van der Waals surface area contributed by atoms with Gasteiger partial charge in [0, 0.05) is 45.0 Å². The molecule has 1 aliphatic heterocycles. The highest BCUT2D eigenvalue weighted by Crippen LogP contribution is 2.07. The molecule has 0 spiro atoms. The Bertz CT molecular complexity index is 330. The monoisotopic (exact) mass is 222 g/mol. The van der Waals surface area contributed by atoms with Crippen molar-refractivity contribution in [2.75, 3.05) is 20.1 Å². The molecular weight excluding hydrogens is 204 g/mol. The summed E-state index contributed by atoms with van der Waals surface area (Å²) in [5.74, 6) is 0.198. The summed E-state index contributed by atoms with van der Waals surface area (Å²) in [4.78, 5) is 13.7. The molecule has 5 nitrogen and oxygen atoms in total. The molecule has 0 aliphatic carbocycles. The second-order valence-corrected chi connectivity index (χ2v) is 4.17. The summed E-state index contributed by atoms with van der Waals surface area (Å²) in [5, 5.41) is 7.34. The van der Waals surface area contributed by atoms with Crippen LogP contribution in [-0.4, -0.2) is 46.8 Å². The Hall–Kier alpha value is -1.36. The number of nitrogens with one attached hydrogen (secondary N) is 1. The zero-order chi connectivity index (χ0) is 11.4. The fraction of sp³-hybridized carbons (Fsp3) is 0.636. The largest absolute Gasteiger partial charge is 0.341 e. The van der Waals surface area contributed by atoms with Gasteiger partial charge in [-0.05, 0) is 19.0 Å². The van der Waals surface area contributed by atoms with Crippen LogP contribution >= 0.6 is 0 Å². The van der Waals surface area contributed by atoms with Gasteiger partial charge in [0.25, 0.3) is 0 Å². The quantitative estimate of drug-likeness (QED) is 0.785. The van der Waals surface area contributed by atoms with Crippen molar-refractivity contribution < 1.29 is 4.79 Å². The topological polar surface area (TPSA) is 50.2 Å². The third kappa shape index (κ3) is 2.61. The van der Waals surface area contributed by atoms with Crippen LogP contribution < -0.4 is 5.32 Å². The normalized spacial score (nSPS) is 19.9. The maximum Gasteiger partial charge on any atom is 0.224 e. The van der Waals surface area contributed by atoms with Gasteiger partial charge in [-0.15, -0.1) is 0 Å². The SMILES string of the molecule is CN(C(=O)CCn1cccn1)C1CCNC1. The molecule has 1 saturated heterocycles. The number of aromatic nitrogens is 2. The van der Waals surface area contributed by atoms with Crippen LogP contribution in [0.5, 0.6) is 0 Å². The third-order valence-corrected chi connectivity index (χ3v) is 3.09. The minimum Gasteiger partial charge on any atom is -0.341 e. The minimum absolute atomic E-state index is 0.198. The molecule has 1 aromatic heterocycles. The van der Waals surface area contributed by atoms with Gasteiger partial charge in [-0.1, -0.05) is 0 Å². The van der Waals surface area contributed by atoms with Crippen LogP contribution in [-0.2, 0) is 11.3 Å². The number of aryl methyl sites for hydroxylation is 1. The first kappa shape index (κ1) is 11.1. The van der Waals surface area contributed by atoms with Crippen molar-refractivity contribution >= 4 is 5.91 Å². The summed E-state index contributed by atoms with van der Waals surface area (Å²) in [5.41, 5.74) is 0. The van der Waals surface area contributed by atoms with Crippen LogP contribution in [0.25, 0.3) is 0 Å². The maximum absolute atomic E-state index is 11.9. The molecule has 1 unspecified atom stereocenters. The first-order valence-corrected chi connectivity index (χ1v) is 5.71. The molecule has 0 radical (unpaired) electrons. The highest BCUT2D eigenvalue weighted by atomic mass is 16.2. The highest BCUT2D eigenvalue weighted by Gasteiger charge is 2.22. The van der Waals surface area contributed by atoms with E-state index in [-0.39, 0.29) is 5.91 Å². The molecule has 2 rings (SSSR count). The number of amides is 1. The molecule has 5 heteroatoms. The number of nitrogens with zero attached hydrogens (tertiary/aromatic N) is 3. The van der Waals surface area contributed by atoms with Crippen LogP contribution in [0.15, 0.2) is 18.5 Å². The van der Waals surface area contributed by atoms with E-state index >= 15 is 0 Å². The number of carbonyl (C=O) groups excluding carboxylic acids is 1. The summed E-state index contributed by atoms with van der Waals surface area (Å²) >= 11 is 0. The number of likely N-dealkylation sites (N-methyl/N-ethyl adjacent to an activating group) is 1. The van der Waals surface area contributed by atoms with Gasteiger partial charge in [0.15, 0.2) is 0 Å². The van der Waals surface area contributed by atoms with Gasteiger partial charge in [-0.3, -0.25) is 9.48 Å². The number of rotatable bonds is 4. The molecule has 1 atom stereocenters. The van der Waals surface area contributed by atoms with E-state index in [9.17, 15) is 4.79 Å². The Morgan fingerprint density at radius 1 is 1.69 bits per heavy atom. The van der Waals surface area contributed by atoms with Crippen LogP contribution in [0.1, 0.15) is 12.8 Å². The predicted molar refractivity (Wildman–Crippen MR) is 60.9 cm³/mol. The lowest BCUT2D eigenvalue weighted by Gasteiger charge is -2.23. The second kappa shape index (κ2) is 5.12. The molecular formula is C11H18N4O. The maximum atomic E-state index is 11.9. The molecule has 0 aromatic carbocycles. The van der Waals surface area contributed by atoms with Crippen molar-refractivity contribution in [3.8, 4) is 0 Å². The van der Waals surface area contributed by atoms with Crippen LogP contribution in [0.4, 0.5) is 0 Å². The molecule has 0 saturated carbocycles. The average molecular weight is 222 g/mol. The molecule has 1 amide bonds. The van der Waals surface area contributed by atoms with Crippen LogP contribution in [0, 0.1) is 0 Å². The zero-order valence-corrected chi connectivity index (χ0v) is 9.59. The summed E-state index contributed by atoms with van der Waals surface area (Å²) in [6.07, 6.45) is 5.19. The van der Waals surface area contributed by atoms with E-state index in [0.29, 0.717) is 19.0 Å². The van der Waals surface area contributed by atoms with Gasteiger partial charge in [0.1, 0.15) is 0 Å². The first-order chi connectivity index (χ1) is 7.77. The van der Waals surface area contributed by atoms with Crippen molar-refractivity contribution in [3.63, 3.8) is 0 Å². The molecule has 1 N–H and O–H groups in total. The van der Waals surface area contributed by atoms with E-state index in [1.807, 2.05) is 24.2 Å². The minimum atomic E-state index is 0.198. The van der Waals surface area contributed by atoms with E-state index in [0.717, 1.165) is 19.5 Å². The number of carbonyl (C=O) groups is 1. The Labute approximate surface area is 95.4 Å². The van der Waals surface area contributed by atoms with Crippen molar-refractivity contribution in [3.05, 3.63) is 18.5 Å². The molecule has 1 aliphatic rings. The van der Waals surface area contributed by atoms with Crippen molar-refractivity contribution in [2.24, 2.45) is 0 Å². The van der Waals surface area contributed by atoms with Gasteiger partial charge in [0.2, 0.25) is 5.91 Å². The predicted octanol–water partition coefficient (Wildman–Crippen LogP) is 0.0935. The average Bonchev–Trinajstić information content (AvgIpc) is 2.96. The lowest BCUT2D eigenvalue weighted by molar-refractivity contribution is -0.131. The molecule has 1 aromatic rings. The Kier molecular flexibility index (Phi) is 3.56. The standard InChI is InChI=1S/C11H18N4O/c1-14(10-3-6-12-9-10)11(16)4-8-15-7-2-5-13-15/h2,5,7,10,12H,3-4,6,8-9H2,1H3. The number of hydrogen-bond donors (Lipinski definition) is 1.